The molecule has 3 N–H and O–H groups in total. The maximum atomic E-state index is 13.2. The van der Waals surface area contributed by atoms with Crippen LogP contribution in [0.15, 0.2) is 24.3 Å². The molecule has 0 bridgehead atoms. The summed E-state index contributed by atoms with van der Waals surface area (Å²) in [6.07, 6.45) is 61.0. The Kier molecular flexibility index (Phi) is 51.0. The molecule has 0 saturated carbocycles. The van der Waals surface area contributed by atoms with Gasteiger partial charge in [-0.2, -0.15) is 0 Å². The summed E-state index contributed by atoms with van der Waals surface area (Å²) in [6.45, 7) is 6.49. The van der Waals surface area contributed by atoms with E-state index in [9.17, 15) is 19.8 Å². The van der Waals surface area contributed by atoms with Gasteiger partial charge in [0.15, 0.2) is 0 Å². The molecule has 0 aliphatic rings. The molecule has 0 aliphatic heterocycles. The van der Waals surface area contributed by atoms with Gasteiger partial charge in [-0.1, -0.05) is 244 Å². The maximum Gasteiger partial charge on any atom is 0.306 e. The van der Waals surface area contributed by atoms with Gasteiger partial charge in [0.25, 0.3) is 0 Å². The van der Waals surface area contributed by atoms with Crippen LogP contribution in [0.5, 0.6) is 0 Å². The number of aliphatic hydroxyl groups is 2. The number of rotatable bonds is 52. The van der Waals surface area contributed by atoms with Crippen LogP contribution in [0, 0.1) is 0 Å². The zero-order valence-corrected chi connectivity index (χ0v) is 43.2. The Hall–Kier alpha value is -1.66. The Balaban J connectivity index is 4.49. The van der Waals surface area contributed by atoms with Crippen molar-refractivity contribution in [3.05, 3.63) is 24.3 Å². The molecule has 3 unspecified atom stereocenters. The lowest BCUT2D eigenvalue weighted by atomic mass is 10.0. The summed E-state index contributed by atoms with van der Waals surface area (Å²) in [4.78, 5) is 26.2. The average molecular weight is 903 g/mol. The van der Waals surface area contributed by atoms with E-state index < -0.39 is 18.2 Å². The van der Waals surface area contributed by atoms with E-state index in [0.717, 1.165) is 57.8 Å². The van der Waals surface area contributed by atoms with Gasteiger partial charge in [-0.3, -0.25) is 9.59 Å². The second-order valence-electron chi connectivity index (χ2n) is 19.7. The predicted molar refractivity (Wildman–Crippen MR) is 278 cm³/mol. The van der Waals surface area contributed by atoms with Gasteiger partial charge >= 0.3 is 5.97 Å². The van der Waals surface area contributed by atoms with Crippen molar-refractivity contribution in [2.45, 2.75) is 328 Å². The van der Waals surface area contributed by atoms with E-state index in [1.54, 1.807) is 0 Å². The second-order valence-corrected chi connectivity index (χ2v) is 19.7. The van der Waals surface area contributed by atoms with E-state index in [4.69, 9.17) is 4.74 Å². The molecule has 64 heavy (non-hydrogen) atoms. The lowest BCUT2D eigenvalue weighted by Crippen LogP contribution is -2.46. The first-order chi connectivity index (χ1) is 31.5. The molecule has 0 aromatic rings. The van der Waals surface area contributed by atoms with Crippen molar-refractivity contribution in [3.8, 4) is 0 Å². The highest BCUT2D eigenvalue weighted by atomic mass is 16.5. The molecule has 0 aromatic heterocycles. The molecule has 0 aromatic carbocycles. The van der Waals surface area contributed by atoms with Crippen molar-refractivity contribution < 1.29 is 24.5 Å². The van der Waals surface area contributed by atoms with Gasteiger partial charge in [0, 0.05) is 6.42 Å². The Bertz CT molecular complexity index is 1010. The third kappa shape index (κ3) is 46.9. The number of carbonyl (C=O) groups is 2. The van der Waals surface area contributed by atoms with Crippen LogP contribution in [0.4, 0.5) is 0 Å². The standard InChI is InChI=1S/C58H111NO5/c1-4-7-10-13-16-19-22-25-27-28-30-32-35-38-41-44-47-50-56(61)55(53-60)59-57(62)52-54(49-46-43-40-37-34-31-24-21-18-15-12-9-6-3)64-58(63)51-48-45-42-39-36-33-29-26-23-20-17-14-11-8-5-2/h20-21,23-24,54-56,60-61H,4-19,22,25-53H2,1-3H3,(H,59,62)/b23-20-,24-21-. The number of carbonyl (C=O) groups excluding carboxylic acids is 2. The highest BCUT2D eigenvalue weighted by Crippen LogP contribution is 2.18. The van der Waals surface area contributed by atoms with Gasteiger partial charge < -0.3 is 20.3 Å². The molecule has 0 fully saturated rings. The predicted octanol–water partition coefficient (Wildman–Crippen LogP) is 17.5. The zero-order valence-electron chi connectivity index (χ0n) is 43.2. The molecule has 378 valence electrons. The van der Waals surface area contributed by atoms with Crippen LogP contribution < -0.4 is 5.32 Å². The van der Waals surface area contributed by atoms with Crippen molar-refractivity contribution in [3.63, 3.8) is 0 Å². The Morgan fingerprint density at radius 2 is 0.750 bits per heavy atom. The van der Waals surface area contributed by atoms with Crippen LogP contribution in [0.2, 0.25) is 0 Å². The summed E-state index contributed by atoms with van der Waals surface area (Å²) < 4.78 is 5.95. The highest BCUT2D eigenvalue weighted by Gasteiger charge is 2.24. The molecule has 0 heterocycles. The minimum absolute atomic E-state index is 0.0746. The van der Waals surface area contributed by atoms with Gasteiger partial charge in [0.1, 0.15) is 6.10 Å². The minimum Gasteiger partial charge on any atom is -0.462 e. The zero-order chi connectivity index (χ0) is 46.7. The number of nitrogens with one attached hydrogen (secondary N) is 1. The Labute approximate surface area is 399 Å². The largest absolute Gasteiger partial charge is 0.462 e. The molecular formula is C58H111NO5. The Morgan fingerprint density at radius 3 is 1.12 bits per heavy atom. The first-order valence-corrected chi connectivity index (χ1v) is 28.6. The molecule has 6 nitrogen and oxygen atoms in total. The fourth-order valence-electron chi connectivity index (χ4n) is 8.89. The Morgan fingerprint density at radius 1 is 0.438 bits per heavy atom. The summed E-state index contributed by atoms with van der Waals surface area (Å²) in [7, 11) is 0. The summed E-state index contributed by atoms with van der Waals surface area (Å²) in [6, 6.07) is -0.702. The van der Waals surface area contributed by atoms with E-state index in [1.807, 2.05) is 0 Å². The van der Waals surface area contributed by atoms with Crippen LogP contribution in [-0.2, 0) is 14.3 Å². The van der Waals surface area contributed by atoms with E-state index >= 15 is 0 Å². The van der Waals surface area contributed by atoms with Crippen molar-refractivity contribution in [2.24, 2.45) is 0 Å². The lowest BCUT2D eigenvalue weighted by Gasteiger charge is -2.24. The first kappa shape index (κ1) is 62.3. The lowest BCUT2D eigenvalue weighted by molar-refractivity contribution is -0.151. The SMILES string of the molecule is CCCCCC/C=C\CCCCCCCCCC(=O)OC(CCCCCCC/C=C\CCCCCC)CC(=O)NC(CO)C(O)CCCCCCCCCCCCCCCCCCC. The number of hydrogen-bond acceptors (Lipinski definition) is 5. The van der Waals surface area contributed by atoms with Gasteiger partial charge in [-0.15, -0.1) is 0 Å². The summed E-state index contributed by atoms with van der Waals surface area (Å²) in [5.41, 5.74) is 0. The molecule has 6 heteroatoms. The number of amides is 1. The number of esters is 1. The topological polar surface area (TPSA) is 95.9 Å². The number of hydrogen-bond donors (Lipinski definition) is 3. The number of aliphatic hydroxyl groups excluding tert-OH is 2. The maximum absolute atomic E-state index is 13.2. The van der Waals surface area contributed by atoms with Crippen molar-refractivity contribution in [2.75, 3.05) is 6.61 Å². The molecule has 0 spiro atoms. The van der Waals surface area contributed by atoms with E-state index in [-0.39, 0.29) is 24.9 Å². The smallest absolute Gasteiger partial charge is 0.306 e. The van der Waals surface area contributed by atoms with Crippen LogP contribution in [0.1, 0.15) is 310 Å². The fraction of sp³-hybridized carbons (Fsp3) is 0.897. The molecule has 0 aliphatic carbocycles. The fourth-order valence-corrected chi connectivity index (χ4v) is 8.89. The van der Waals surface area contributed by atoms with E-state index in [0.29, 0.717) is 19.3 Å². The number of ether oxygens (including phenoxy) is 1. The summed E-state index contributed by atoms with van der Waals surface area (Å²) >= 11 is 0. The monoisotopic (exact) mass is 902 g/mol. The van der Waals surface area contributed by atoms with Crippen molar-refractivity contribution in [1.29, 1.82) is 0 Å². The van der Waals surface area contributed by atoms with E-state index in [2.05, 4.69) is 50.4 Å². The number of unbranched alkanes of at least 4 members (excludes halogenated alkanes) is 36. The third-order valence-corrected chi connectivity index (χ3v) is 13.3. The normalized spacial score (nSPS) is 13.3. The third-order valence-electron chi connectivity index (χ3n) is 13.3. The van der Waals surface area contributed by atoms with Crippen LogP contribution in [-0.4, -0.2) is 46.9 Å². The summed E-state index contributed by atoms with van der Waals surface area (Å²) in [5, 5.41) is 23.9. The molecule has 0 rings (SSSR count). The number of allylic oxidation sites excluding steroid dienone is 4. The van der Waals surface area contributed by atoms with Crippen LogP contribution >= 0.6 is 0 Å². The van der Waals surface area contributed by atoms with Crippen LogP contribution in [0.25, 0.3) is 0 Å². The van der Waals surface area contributed by atoms with Crippen LogP contribution in [0.3, 0.4) is 0 Å². The molecule has 0 saturated heterocycles. The molecule has 0 radical (unpaired) electrons. The second kappa shape index (κ2) is 52.3. The first-order valence-electron chi connectivity index (χ1n) is 28.6. The highest BCUT2D eigenvalue weighted by molar-refractivity contribution is 5.77. The average Bonchev–Trinajstić information content (AvgIpc) is 3.29. The van der Waals surface area contributed by atoms with Gasteiger partial charge in [0.05, 0.1) is 25.2 Å². The van der Waals surface area contributed by atoms with Gasteiger partial charge in [-0.05, 0) is 77.0 Å². The van der Waals surface area contributed by atoms with Crippen molar-refractivity contribution >= 4 is 11.9 Å². The minimum atomic E-state index is -0.788. The molecular weight excluding hydrogens is 791 g/mol. The molecule has 3 atom stereocenters. The van der Waals surface area contributed by atoms with Crippen molar-refractivity contribution in [1.82, 2.24) is 5.32 Å². The van der Waals surface area contributed by atoms with Gasteiger partial charge in [-0.25, -0.2) is 0 Å². The van der Waals surface area contributed by atoms with E-state index in [1.165, 1.54) is 205 Å². The van der Waals surface area contributed by atoms with Gasteiger partial charge in [0.2, 0.25) is 5.91 Å². The summed E-state index contributed by atoms with van der Waals surface area (Å²) in [5.74, 6) is -0.472. The molecule has 1 amide bonds. The quantitative estimate of drug-likeness (QED) is 0.0321.